The Hall–Kier alpha value is -1.62. The third kappa shape index (κ3) is 3.77. The average Bonchev–Trinajstić information content (AvgIpc) is 2.57. The molecule has 0 radical (unpaired) electrons. The molecule has 1 aliphatic rings. The van der Waals surface area contributed by atoms with Gasteiger partial charge in [-0.05, 0) is 29.8 Å². The summed E-state index contributed by atoms with van der Waals surface area (Å²) in [6, 6.07) is 13.4. The number of nitrogens with zero attached hydrogens (tertiary/aromatic N) is 3. The molecule has 1 aromatic heterocycles. The molecule has 22 heavy (non-hydrogen) atoms. The molecule has 1 atom stereocenters. The molecule has 1 fully saturated rings. The van der Waals surface area contributed by atoms with E-state index in [1.54, 1.807) is 0 Å². The minimum atomic E-state index is -0.473. The van der Waals surface area contributed by atoms with Gasteiger partial charge in [0, 0.05) is 43.9 Å². The summed E-state index contributed by atoms with van der Waals surface area (Å²) < 4.78 is 0. The van der Waals surface area contributed by atoms with Crippen LogP contribution in [0.1, 0.15) is 11.7 Å². The van der Waals surface area contributed by atoms with Gasteiger partial charge < -0.3 is 10.0 Å². The highest BCUT2D eigenvalue weighted by Gasteiger charge is 2.20. The van der Waals surface area contributed by atoms with Crippen LogP contribution in [0.2, 0.25) is 5.02 Å². The van der Waals surface area contributed by atoms with Crippen LogP contribution in [-0.2, 0) is 0 Å². The molecule has 2 heterocycles. The van der Waals surface area contributed by atoms with Crippen LogP contribution in [0.3, 0.4) is 0 Å². The topological polar surface area (TPSA) is 39.6 Å². The maximum absolute atomic E-state index is 10.3. The van der Waals surface area contributed by atoms with Crippen LogP contribution in [0, 0.1) is 0 Å². The van der Waals surface area contributed by atoms with Crippen molar-refractivity contribution in [3.8, 4) is 0 Å². The molecule has 0 saturated carbocycles. The van der Waals surface area contributed by atoms with E-state index in [4.69, 9.17) is 11.6 Å². The third-order valence-electron chi connectivity index (χ3n) is 4.03. The fraction of sp³-hybridized carbons (Fsp3) is 0.353. The fourth-order valence-corrected chi connectivity index (χ4v) is 2.86. The van der Waals surface area contributed by atoms with Crippen molar-refractivity contribution in [2.45, 2.75) is 6.10 Å². The molecule has 1 aliphatic heterocycles. The van der Waals surface area contributed by atoms with E-state index in [0.29, 0.717) is 11.6 Å². The molecule has 1 aromatic carbocycles. The van der Waals surface area contributed by atoms with Crippen LogP contribution in [-0.4, -0.2) is 47.7 Å². The second kappa shape index (κ2) is 7.09. The van der Waals surface area contributed by atoms with Crippen LogP contribution in [0.5, 0.6) is 0 Å². The highest BCUT2D eigenvalue weighted by Crippen LogP contribution is 2.19. The number of aliphatic hydroxyl groups is 1. The van der Waals surface area contributed by atoms with Gasteiger partial charge in [-0.15, -0.1) is 0 Å². The Kier molecular flexibility index (Phi) is 4.93. The number of β-amino-alcohol motifs (C(OH)–C–C–N with tert-alkyl or cyclic N) is 1. The molecular formula is C17H20ClN3O. The molecule has 4 nitrogen and oxygen atoms in total. The maximum atomic E-state index is 10.3. The number of rotatable bonds is 4. The Balaban J connectivity index is 1.52. The number of aliphatic hydroxyl groups excluding tert-OH is 1. The van der Waals surface area contributed by atoms with Crippen LogP contribution >= 0.6 is 11.6 Å². The minimum absolute atomic E-state index is 0.473. The summed E-state index contributed by atoms with van der Waals surface area (Å²) in [5, 5.41) is 11.0. The Morgan fingerprint density at radius 2 is 1.77 bits per heavy atom. The van der Waals surface area contributed by atoms with Gasteiger partial charge in [0.1, 0.15) is 5.82 Å². The van der Waals surface area contributed by atoms with Crippen molar-refractivity contribution in [1.29, 1.82) is 0 Å². The Morgan fingerprint density at radius 1 is 1.05 bits per heavy atom. The summed E-state index contributed by atoms with van der Waals surface area (Å²) in [6.07, 6.45) is 1.35. The summed E-state index contributed by atoms with van der Waals surface area (Å²) in [7, 11) is 0. The zero-order chi connectivity index (χ0) is 15.4. The van der Waals surface area contributed by atoms with Gasteiger partial charge in [0.05, 0.1) is 6.10 Å². The molecule has 5 heteroatoms. The predicted molar refractivity (Wildman–Crippen MR) is 89.3 cm³/mol. The third-order valence-corrected chi connectivity index (χ3v) is 4.28. The predicted octanol–water partition coefficient (Wildman–Crippen LogP) is 2.59. The second-order valence-electron chi connectivity index (χ2n) is 5.54. The summed E-state index contributed by atoms with van der Waals surface area (Å²) in [5.74, 6) is 1.03. The fourth-order valence-electron chi connectivity index (χ4n) is 2.74. The van der Waals surface area contributed by atoms with Crippen molar-refractivity contribution in [2.24, 2.45) is 0 Å². The molecule has 0 aliphatic carbocycles. The summed E-state index contributed by atoms with van der Waals surface area (Å²) in [6.45, 7) is 4.38. The van der Waals surface area contributed by atoms with Crippen molar-refractivity contribution in [2.75, 3.05) is 37.6 Å². The van der Waals surface area contributed by atoms with Crippen molar-refractivity contribution >= 4 is 17.4 Å². The van der Waals surface area contributed by atoms with Gasteiger partial charge >= 0.3 is 0 Å². The molecule has 0 amide bonds. The van der Waals surface area contributed by atoms with E-state index in [2.05, 4.69) is 14.8 Å². The van der Waals surface area contributed by atoms with Gasteiger partial charge in [-0.25, -0.2) is 4.98 Å². The minimum Gasteiger partial charge on any atom is -0.387 e. The first-order chi connectivity index (χ1) is 10.7. The van der Waals surface area contributed by atoms with Crippen LogP contribution in [0.4, 0.5) is 5.82 Å². The number of anilines is 1. The number of hydrogen-bond donors (Lipinski definition) is 1. The molecule has 0 unspecified atom stereocenters. The number of benzene rings is 1. The standard InChI is InChI=1S/C17H20ClN3O/c18-15-6-4-14(5-7-15)16(22)13-20-9-11-21(12-10-20)17-3-1-2-8-19-17/h1-8,16,22H,9-13H2/t16-/m0/s1. The molecule has 3 rings (SSSR count). The summed E-state index contributed by atoms with van der Waals surface area (Å²) in [4.78, 5) is 8.96. The first-order valence-corrected chi connectivity index (χ1v) is 7.92. The molecule has 2 aromatic rings. The summed E-state index contributed by atoms with van der Waals surface area (Å²) in [5.41, 5.74) is 0.913. The highest BCUT2D eigenvalue weighted by atomic mass is 35.5. The van der Waals surface area contributed by atoms with Gasteiger partial charge in [-0.2, -0.15) is 0 Å². The van der Waals surface area contributed by atoms with Crippen LogP contribution in [0.25, 0.3) is 0 Å². The zero-order valence-electron chi connectivity index (χ0n) is 12.4. The van der Waals surface area contributed by atoms with E-state index in [9.17, 15) is 5.11 Å². The number of halogens is 1. The number of hydrogen-bond acceptors (Lipinski definition) is 4. The lowest BCUT2D eigenvalue weighted by Crippen LogP contribution is -2.47. The smallest absolute Gasteiger partial charge is 0.128 e. The zero-order valence-corrected chi connectivity index (χ0v) is 13.2. The van der Waals surface area contributed by atoms with Crippen molar-refractivity contribution in [1.82, 2.24) is 9.88 Å². The van der Waals surface area contributed by atoms with E-state index in [1.165, 1.54) is 0 Å². The highest BCUT2D eigenvalue weighted by molar-refractivity contribution is 6.30. The number of aromatic nitrogens is 1. The maximum Gasteiger partial charge on any atom is 0.128 e. The van der Waals surface area contributed by atoms with Crippen molar-refractivity contribution in [3.63, 3.8) is 0 Å². The Bertz CT molecular complexity index is 583. The van der Waals surface area contributed by atoms with Crippen molar-refractivity contribution in [3.05, 3.63) is 59.2 Å². The molecule has 0 bridgehead atoms. The van der Waals surface area contributed by atoms with Gasteiger partial charge in [-0.1, -0.05) is 29.8 Å². The number of pyridine rings is 1. The summed E-state index contributed by atoms with van der Waals surface area (Å²) >= 11 is 5.88. The SMILES string of the molecule is O[C@@H](CN1CCN(c2ccccn2)CC1)c1ccc(Cl)cc1. The average molecular weight is 318 g/mol. The van der Waals surface area contributed by atoms with Gasteiger partial charge in [0.25, 0.3) is 0 Å². The first kappa shape index (κ1) is 15.3. The number of piperazine rings is 1. The van der Waals surface area contributed by atoms with Crippen molar-refractivity contribution < 1.29 is 5.11 Å². The lowest BCUT2D eigenvalue weighted by Gasteiger charge is -2.36. The lowest BCUT2D eigenvalue weighted by atomic mass is 10.1. The van der Waals surface area contributed by atoms with E-state index < -0.39 is 6.10 Å². The van der Waals surface area contributed by atoms with E-state index >= 15 is 0 Å². The monoisotopic (exact) mass is 317 g/mol. The van der Waals surface area contributed by atoms with Crippen LogP contribution in [0.15, 0.2) is 48.7 Å². The van der Waals surface area contributed by atoms with Gasteiger partial charge in [0.15, 0.2) is 0 Å². The molecule has 1 saturated heterocycles. The van der Waals surface area contributed by atoms with Gasteiger partial charge in [-0.3, -0.25) is 4.90 Å². The Labute approximate surface area is 136 Å². The first-order valence-electron chi connectivity index (χ1n) is 7.54. The molecular weight excluding hydrogens is 298 g/mol. The van der Waals surface area contributed by atoms with E-state index in [1.807, 2.05) is 48.7 Å². The molecule has 116 valence electrons. The van der Waals surface area contributed by atoms with Gasteiger partial charge in [0.2, 0.25) is 0 Å². The van der Waals surface area contributed by atoms with E-state index in [-0.39, 0.29) is 0 Å². The van der Waals surface area contributed by atoms with Crippen LogP contribution < -0.4 is 4.90 Å². The largest absolute Gasteiger partial charge is 0.387 e. The molecule has 1 N–H and O–H groups in total. The quantitative estimate of drug-likeness (QED) is 0.941. The van der Waals surface area contributed by atoms with E-state index in [0.717, 1.165) is 37.6 Å². The normalized spacial score (nSPS) is 17.5. The second-order valence-corrected chi connectivity index (χ2v) is 5.98. The lowest BCUT2D eigenvalue weighted by molar-refractivity contribution is 0.109. The Morgan fingerprint density at radius 3 is 2.41 bits per heavy atom. The molecule has 0 spiro atoms.